The summed E-state index contributed by atoms with van der Waals surface area (Å²) < 4.78 is 0. The first-order valence-corrected chi connectivity index (χ1v) is 7.56. The lowest BCUT2D eigenvalue weighted by Gasteiger charge is -2.29. The summed E-state index contributed by atoms with van der Waals surface area (Å²) in [6.45, 7) is 14.3. The highest BCUT2D eigenvalue weighted by Gasteiger charge is 2.21. The summed E-state index contributed by atoms with van der Waals surface area (Å²) >= 11 is 0. The summed E-state index contributed by atoms with van der Waals surface area (Å²) in [6, 6.07) is 0. The van der Waals surface area contributed by atoms with Crippen molar-refractivity contribution in [3.63, 3.8) is 0 Å². The van der Waals surface area contributed by atoms with Crippen LogP contribution in [0.15, 0.2) is 0 Å². The van der Waals surface area contributed by atoms with Gasteiger partial charge < -0.3 is 0 Å². The molecule has 0 heterocycles. The normalized spacial score (nSPS) is 19.1. The first-order chi connectivity index (χ1) is 7.56. The molecule has 0 aliphatic heterocycles. The maximum atomic E-state index is 2.47. The Hall–Kier alpha value is 0. The van der Waals surface area contributed by atoms with Gasteiger partial charge in [0.25, 0.3) is 0 Å². The van der Waals surface area contributed by atoms with Crippen molar-refractivity contribution in [2.45, 2.75) is 80.1 Å². The first-order valence-electron chi connectivity index (χ1n) is 7.56. The Kier molecular flexibility index (Phi) is 9.07. The SMILES string of the molecule is CCCCC(C)CC(CC)C(C)C(C)CC. The van der Waals surface area contributed by atoms with Crippen LogP contribution < -0.4 is 0 Å². The summed E-state index contributed by atoms with van der Waals surface area (Å²) in [5, 5.41) is 0. The van der Waals surface area contributed by atoms with Crippen LogP contribution in [0.5, 0.6) is 0 Å². The molecule has 0 fully saturated rings. The minimum Gasteiger partial charge on any atom is -0.0654 e. The van der Waals surface area contributed by atoms with Crippen LogP contribution in [0.4, 0.5) is 0 Å². The molecule has 0 nitrogen and oxygen atoms in total. The van der Waals surface area contributed by atoms with Gasteiger partial charge in [0.05, 0.1) is 0 Å². The summed E-state index contributed by atoms with van der Waals surface area (Å²) in [4.78, 5) is 0. The molecule has 0 aliphatic carbocycles. The van der Waals surface area contributed by atoms with Crippen LogP contribution in [0.2, 0.25) is 0 Å². The molecule has 0 aromatic heterocycles. The minimum absolute atomic E-state index is 0.892. The predicted molar refractivity (Wildman–Crippen MR) is 75.7 cm³/mol. The standard InChI is InChI=1S/C16H34/c1-7-10-11-13(4)12-16(9-3)15(6)14(5)8-2/h13-16H,7-12H2,1-6H3. The van der Waals surface area contributed by atoms with E-state index in [1.54, 1.807) is 0 Å². The second-order valence-electron chi connectivity index (χ2n) is 5.90. The van der Waals surface area contributed by atoms with Crippen molar-refractivity contribution in [1.82, 2.24) is 0 Å². The fourth-order valence-electron chi connectivity index (χ4n) is 2.78. The number of hydrogen-bond acceptors (Lipinski definition) is 0. The van der Waals surface area contributed by atoms with E-state index in [4.69, 9.17) is 0 Å². The maximum absolute atomic E-state index is 2.47. The molecule has 98 valence electrons. The number of unbranched alkanes of at least 4 members (excludes halogenated alkanes) is 1. The van der Waals surface area contributed by atoms with E-state index >= 15 is 0 Å². The molecule has 0 radical (unpaired) electrons. The van der Waals surface area contributed by atoms with Gasteiger partial charge in [-0.05, 0) is 30.1 Å². The molecule has 0 N–H and O–H groups in total. The Morgan fingerprint density at radius 2 is 1.50 bits per heavy atom. The molecule has 16 heavy (non-hydrogen) atoms. The molecule has 0 saturated carbocycles. The third-order valence-corrected chi connectivity index (χ3v) is 4.57. The molecule has 0 aromatic rings. The van der Waals surface area contributed by atoms with E-state index in [0.717, 1.165) is 23.7 Å². The third kappa shape index (κ3) is 5.92. The summed E-state index contributed by atoms with van der Waals surface area (Å²) in [6.07, 6.45) is 8.34. The van der Waals surface area contributed by atoms with Crippen LogP contribution in [-0.4, -0.2) is 0 Å². The summed E-state index contributed by atoms with van der Waals surface area (Å²) in [5.41, 5.74) is 0. The highest BCUT2D eigenvalue weighted by molar-refractivity contribution is 4.72. The van der Waals surface area contributed by atoms with Gasteiger partial charge in [-0.2, -0.15) is 0 Å². The lowest BCUT2D eigenvalue weighted by molar-refractivity contribution is 0.208. The molecule has 4 atom stereocenters. The second-order valence-corrected chi connectivity index (χ2v) is 5.90. The Morgan fingerprint density at radius 3 is 1.94 bits per heavy atom. The minimum atomic E-state index is 0.892. The predicted octanol–water partition coefficient (Wildman–Crippen LogP) is 5.91. The molecular weight excluding hydrogens is 192 g/mol. The van der Waals surface area contributed by atoms with Crippen LogP contribution >= 0.6 is 0 Å². The lowest BCUT2D eigenvalue weighted by Crippen LogP contribution is -2.20. The average molecular weight is 226 g/mol. The van der Waals surface area contributed by atoms with Crippen molar-refractivity contribution in [3.8, 4) is 0 Å². The average Bonchev–Trinajstić information content (AvgIpc) is 2.31. The molecule has 4 unspecified atom stereocenters. The van der Waals surface area contributed by atoms with Gasteiger partial charge in [0.1, 0.15) is 0 Å². The third-order valence-electron chi connectivity index (χ3n) is 4.57. The molecule has 0 spiro atoms. The molecule has 0 bridgehead atoms. The molecule has 0 heteroatoms. The quantitative estimate of drug-likeness (QED) is 0.458. The molecular formula is C16H34. The Labute approximate surface area is 104 Å². The van der Waals surface area contributed by atoms with E-state index in [0.29, 0.717) is 0 Å². The van der Waals surface area contributed by atoms with Gasteiger partial charge in [0.2, 0.25) is 0 Å². The largest absolute Gasteiger partial charge is 0.0654 e. The topological polar surface area (TPSA) is 0 Å². The highest BCUT2D eigenvalue weighted by atomic mass is 14.3. The Morgan fingerprint density at radius 1 is 0.875 bits per heavy atom. The second kappa shape index (κ2) is 9.07. The van der Waals surface area contributed by atoms with Gasteiger partial charge in [0, 0.05) is 0 Å². The monoisotopic (exact) mass is 226 g/mol. The van der Waals surface area contributed by atoms with Gasteiger partial charge in [0.15, 0.2) is 0 Å². The molecule has 0 saturated heterocycles. The summed E-state index contributed by atoms with van der Waals surface area (Å²) in [5.74, 6) is 3.67. The van der Waals surface area contributed by atoms with E-state index in [1.165, 1.54) is 38.5 Å². The fourth-order valence-corrected chi connectivity index (χ4v) is 2.78. The van der Waals surface area contributed by atoms with Crippen LogP contribution in [-0.2, 0) is 0 Å². The zero-order valence-corrected chi connectivity index (χ0v) is 12.6. The number of rotatable bonds is 9. The molecule has 0 aromatic carbocycles. The van der Waals surface area contributed by atoms with Crippen LogP contribution in [0.3, 0.4) is 0 Å². The van der Waals surface area contributed by atoms with Gasteiger partial charge in [-0.3, -0.25) is 0 Å². The smallest absolute Gasteiger partial charge is 0.0386 e. The molecule has 0 rings (SSSR count). The first kappa shape index (κ1) is 16.0. The zero-order valence-electron chi connectivity index (χ0n) is 12.6. The van der Waals surface area contributed by atoms with E-state index in [9.17, 15) is 0 Å². The van der Waals surface area contributed by atoms with E-state index in [2.05, 4.69) is 41.5 Å². The zero-order chi connectivity index (χ0) is 12.6. The van der Waals surface area contributed by atoms with Crippen molar-refractivity contribution in [3.05, 3.63) is 0 Å². The van der Waals surface area contributed by atoms with Crippen LogP contribution in [0.25, 0.3) is 0 Å². The lowest BCUT2D eigenvalue weighted by atomic mass is 9.76. The van der Waals surface area contributed by atoms with Crippen LogP contribution in [0.1, 0.15) is 80.1 Å². The van der Waals surface area contributed by atoms with Gasteiger partial charge in [-0.1, -0.05) is 73.6 Å². The van der Waals surface area contributed by atoms with Crippen molar-refractivity contribution in [1.29, 1.82) is 0 Å². The van der Waals surface area contributed by atoms with E-state index < -0.39 is 0 Å². The fraction of sp³-hybridized carbons (Fsp3) is 1.00. The number of hydrogen-bond donors (Lipinski definition) is 0. The van der Waals surface area contributed by atoms with Crippen molar-refractivity contribution >= 4 is 0 Å². The van der Waals surface area contributed by atoms with E-state index in [1.807, 2.05) is 0 Å². The molecule has 0 aliphatic rings. The maximum Gasteiger partial charge on any atom is -0.0386 e. The van der Waals surface area contributed by atoms with E-state index in [-0.39, 0.29) is 0 Å². The van der Waals surface area contributed by atoms with Crippen molar-refractivity contribution in [2.75, 3.05) is 0 Å². The summed E-state index contributed by atoms with van der Waals surface area (Å²) in [7, 11) is 0. The van der Waals surface area contributed by atoms with Gasteiger partial charge in [-0.25, -0.2) is 0 Å². The van der Waals surface area contributed by atoms with Gasteiger partial charge in [-0.15, -0.1) is 0 Å². The van der Waals surface area contributed by atoms with Gasteiger partial charge >= 0.3 is 0 Å². The van der Waals surface area contributed by atoms with Crippen molar-refractivity contribution in [2.24, 2.45) is 23.7 Å². The Balaban J connectivity index is 4.07. The van der Waals surface area contributed by atoms with Crippen molar-refractivity contribution < 1.29 is 0 Å². The van der Waals surface area contributed by atoms with Crippen LogP contribution in [0, 0.1) is 23.7 Å². The molecule has 0 amide bonds. The highest BCUT2D eigenvalue weighted by Crippen LogP contribution is 2.31. The Bertz CT molecular complexity index is 150.